The summed E-state index contributed by atoms with van der Waals surface area (Å²) in [4.78, 5) is 0. The Labute approximate surface area is 103 Å². The van der Waals surface area contributed by atoms with E-state index in [4.69, 9.17) is 5.73 Å². The van der Waals surface area contributed by atoms with Crippen molar-refractivity contribution in [3.05, 3.63) is 41.0 Å². The molecule has 1 spiro atoms. The summed E-state index contributed by atoms with van der Waals surface area (Å²) in [6.07, 6.45) is 10.4. The third-order valence-corrected chi connectivity index (χ3v) is 5.32. The van der Waals surface area contributed by atoms with Crippen molar-refractivity contribution < 1.29 is 0 Å². The van der Waals surface area contributed by atoms with Gasteiger partial charge in [-0.3, -0.25) is 0 Å². The van der Waals surface area contributed by atoms with E-state index >= 15 is 0 Å². The second-order valence-corrected chi connectivity index (χ2v) is 6.06. The fraction of sp³-hybridized carbons (Fsp3) is 0.500. The number of rotatable bonds is 0. The first-order valence-electron chi connectivity index (χ1n) is 6.85. The van der Waals surface area contributed by atoms with Crippen LogP contribution in [0.4, 0.5) is 5.69 Å². The lowest BCUT2D eigenvalue weighted by molar-refractivity contribution is 0.270. The van der Waals surface area contributed by atoms with Crippen LogP contribution in [0.5, 0.6) is 0 Å². The zero-order chi connectivity index (χ0) is 11.5. The van der Waals surface area contributed by atoms with Crippen LogP contribution >= 0.6 is 0 Å². The summed E-state index contributed by atoms with van der Waals surface area (Å²) < 4.78 is 0. The Morgan fingerprint density at radius 3 is 3.00 bits per heavy atom. The van der Waals surface area contributed by atoms with Crippen molar-refractivity contribution in [3.63, 3.8) is 0 Å². The van der Waals surface area contributed by atoms with Crippen molar-refractivity contribution in [2.24, 2.45) is 5.92 Å². The van der Waals surface area contributed by atoms with E-state index in [2.05, 4.69) is 24.3 Å². The number of benzene rings is 1. The van der Waals surface area contributed by atoms with Crippen molar-refractivity contribution in [2.45, 2.75) is 43.9 Å². The van der Waals surface area contributed by atoms with E-state index in [1.54, 1.807) is 11.1 Å². The molecule has 0 radical (unpaired) electrons. The molecule has 0 aliphatic heterocycles. The molecular weight excluding hydrogens is 206 g/mol. The van der Waals surface area contributed by atoms with Crippen molar-refractivity contribution in [1.29, 1.82) is 0 Å². The predicted octanol–water partition coefficient (Wildman–Crippen LogP) is 3.58. The number of nitrogens with two attached hydrogens (primary N) is 1. The van der Waals surface area contributed by atoms with Crippen LogP contribution in [-0.2, 0) is 11.8 Å². The number of hydrogen-bond donors (Lipinski definition) is 1. The van der Waals surface area contributed by atoms with E-state index in [-0.39, 0.29) is 0 Å². The average Bonchev–Trinajstić information content (AvgIpc) is 2.92. The molecule has 1 nitrogen and oxygen atoms in total. The number of allylic oxidation sites excluding steroid dienone is 2. The summed E-state index contributed by atoms with van der Waals surface area (Å²) in [7, 11) is 0. The van der Waals surface area contributed by atoms with Crippen molar-refractivity contribution in [1.82, 2.24) is 0 Å². The van der Waals surface area contributed by atoms with Gasteiger partial charge in [-0.15, -0.1) is 0 Å². The SMILES string of the molecule is Nc1cccc2c1CCCC21CC2=CCC1C2. The van der Waals surface area contributed by atoms with Gasteiger partial charge < -0.3 is 5.73 Å². The lowest BCUT2D eigenvalue weighted by Gasteiger charge is -2.42. The van der Waals surface area contributed by atoms with Crippen LogP contribution in [0.3, 0.4) is 0 Å². The number of nitrogen functional groups attached to an aromatic ring is 1. The summed E-state index contributed by atoms with van der Waals surface area (Å²) in [5, 5.41) is 0. The van der Waals surface area contributed by atoms with E-state index in [9.17, 15) is 0 Å². The Morgan fingerprint density at radius 1 is 1.29 bits per heavy atom. The monoisotopic (exact) mass is 225 g/mol. The maximum Gasteiger partial charge on any atom is 0.0349 e. The zero-order valence-corrected chi connectivity index (χ0v) is 10.2. The van der Waals surface area contributed by atoms with E-state index in [0.29, 0.717) is 5.41 Å². The minimum absolute atomic E-state index is 0.465. The lowest BCUT2D eigenvalue weighted by Crippen LogP contribution is -2.35. The maximum absolute atomic E-state index is 6.18. The molecule has 1 heteroatoms. The Morgan fingerprint density at radius 2 is 2.24 bits per heavy atom. The van der Waals surface area contributed by atoms with E-state index in [0.717, 1.165) is 11.6 Å². The van der Waals surface area contributed by atoms with Gasteiger partial charge in [-0.25, -0.2) is 0 Å². The van der Waals surface area contributed by atoms with Crippen molar-refractivity contribution in [3.8, 4) is 0 Å². The third-order valence-electron chi connectivity index (χ3n) is 5.32. The Bertz CT molecular complexity index is 514. The summed E-state index contributed by atoms with van der Waals surface area (Å²) in [5.74, 6) is 0.873. The molecule has 0 heterocycles. The number of hydrogen-bond acceptors (Lipinski definition) is 1. The highest BCUT2D eigenvalue weighted by Crippen LogP contribution is 2.59. The van der Waals surface area contributed by atoms with Gasteiger partial charge in [0.2, 0.25) is 0 Å². The minimum atomic E-state index is 0.465. The molecule has 2 N–H and O–H groups in total. The summed E-state index contributed by atoms with van der Waals surface area (Å²) in [6.45, 7) is 0. The third kappa shape index (κ3) is 1.15. The molecule has 1 fully saturated rings. The topological polar surface area (TPSA) is 26.0 Å². The zero-order valence-electron chi connectivity index (χ0n) is 10.2. The standard InChI is InChI=1S/C16H19N/c17-15-5-1-4-14-13(15)3-2-8-16(14)10-11-6-7-12(16)9-11/h1,4-6,12H,2-3,7-10,17H2. The van der Waals surface area contributed by atoms with Crippen LogP contribution in [0.2, 0.25) is 0 Å². The molecule has 4 rings (SSSR count). The van der Waals surface area contributed by atoms with Gasteiger partial charge in [0.05, 0.1) is 0 Å². The highest BCUT2D eigenvalue weighted by molar-refractivity contribution is 5.56. The van der Waals surface area contributed by atoms with Gasteiger partial charge in [0, 0.05) is 11.1 Å². The molecule has 0 amide bonds. The van der Waals surface area contributed by atoms with Gasteiger partial charge in [0.1, 0.15) is 0 Å². The molecule has 0 saturated heterocycles. The molecule has 1 aromatic rings. The molecule has 0 aromatic heterocycles. The highest BCUT2D eigenvalue weighted by atomic mass is 14.6. The molecule has 17 heavy (non-hydrogen) atoms. The first-order chi connectivity index (χ1) is 8.29. The largest absolute Gasteiger partial charge is 0.398 e. The van der Waals surface area contributed by atoms with Gasteiger partial charge >= 0.3 is 0 Å². The van der Waals surface area contributed by atoms with Gasteiger partial charge in [-0.1, -0.05) is 23.8 Å². The van der Waals surface area contributed by atoms with Crippen LogP contribution in [0, 0.1) is 5.92 Å². The Balaban J connectivity index is 1.91. The molecule has 3 aliphatic carbocycles. The van der Waals surface area contributed by atoms with Crippen LogP contribution in [0.15, 0.2) is 29.8 Å². The van der Waals surface area contributed by atoms with Gasteiger partial charge in [0.25, 0.3) is 0 Å². The van der Waals surface area contributed by atoms with Crippen LogP contribution in [0.1, 0.15) is 43.2 Å². The summed E-state index contributed by atoms with van der Waals surface area (Å²) in [5.41, 5.74) is 12.4. The van der Waals surface area contributed by atoms with Gasteiger partial charge in [0.15, 0.2) is 0 Å². The van der Waals surface area contributed by atoms with E-state index < -0.39 is 0 Å². The minimum Gasteiger partial charge on any atom is -0.398 e. The molecule has 1 saturated carbocycles. The van der Waals surface area contributed by atoms with Crippen LogP contribution in [0.25, 0.3) is 0 Å². The van der Waals surface area contributed by atoms with Crippen molar-refractivity contribution in [2.75, 3.05) is 5.73 Å². The summed E-state index contributed by atoms with van der Waals surface area (Å²) >= 11 is 0. The Kier molecular flexibility index (Phi) is 1.81. The summed E-state index contributed by atoms with van der Waals surface area (Å²) in [6, 6.07) is 6.58. The smallest absolute Gasteiger partial charge is 0.0349 e. The lowest BCUT2D eigenvalue weighted by atomic mass is 9.62. The second-order valence-electron chi connectivity index (χ2n) is 6.06. The quantitative estimate of drug-likeness (QED) is 0.530. The van der Waals surface area contributed by atoms with Crippen LogP contribution in [-0.4, -0.2) is 0 Å². The number of anilines is 1. The molecule has 2 atom stereocenters. The average molecular weight is 225 g/mol. The molecule has 2 unspecified atom stereocenters. The van der Waals surface area contributed by atoms with Crippen molar-refractivity contribution >= 4 is 5.69 Å². The fourth-order valence-electron chi connectivity index (χ4n) is 4.58. The molecule has 88 valence electrons. The normalized spacial score (nSPS) is 33.9. The van der Waals surface area contributed by atoms with E-state index in [1.165, 1.54) is 44.1 Å². The fourth-order valence-corrected chi connectivity index (χ4v) is 4.58. The molecule has 2 bridgehead atoms. The maximum atomic E-state index is 6.18. The second kappa shape index (κ2) is 3.16. The predicted molar refractivity (Wildman–Crippen MR) is 70.9 cm³/mol. The van der Waals surface area contributed by atoms with Gasteiger partial charge in [-0.05, 0) is 61.6 Å². The number of fused-ring (bicyclic) bond motifs is 5. The van der Waals surface area contributed by atoms with Gasteiger partial charge in [-0.2, -0.15) is 0 Å². The first kappa shape index (κ1) is 9.76. The first-order valence-corrected chi connectivity index (χ1v) is 6.85. The molecule has 1 aromatic carbocycles. The Hall–Kier alpha value is -1.24. The molecular formula is C16H19N. The van der Waals surface area contributed by atoms with E-state index in [1.807, 2.05) is 0 Å². The molecule has 3 aliphatic rings. The highest BCUT2D eigenvalue weighted by Gasteiger charge is 2.49. The van der Waals surface area contributed by atoms with Crippen LogP contribution < -0.4 is 5.73 Å².